The minimum Gasteiger partial charge on any atom is -0.327 e. The summed E-state index contributed by atoms with van der Waals surface area (Å²) in [4.78, 5) is 4.14. The SMILES string of the molecule is NCC=Cc1csc(Br)n1. The maximum absolute atomic E-state index is 5.26. The van der Waals surface area contributed by atoms with Gasteiger partial charge >= 0.3 is 0 Å². The molecule has 1 aromatic rings. The first-order valence-electron chi connectivity index (χ1n) is 2.80. The number of hydrogen-bond donors (Lipinski definition) is 1. The monoisotopic (exact) mass is 218 g/mol. The van der Waals surface area contributed by atoms with E-state index in [-0.39, 0.29) is 0 Å². The predicted molar refractivity (Wildman–Crippen MR) is 47.9 cm³/mol. The lowest BCUT2D eigenvalue weighted by Gasteiger charge is -1.79. The molecule has 1 rings (SSSR count). The third kappa shape index (κ3) is 2.21. The first-order chi connectivity index (χ1) is 4.83. The molecular formula is C6H7BrN2S. The molecule has 4 heteroatoms. The summed E-state index contributed by atoms with van der Waals surface area (Å²) in [6, 6.07) is 0. The van der Waals surface area contributed by atoms with Gasteiger partial charge in [0.25, 0.3) is 0 Å². The van der Waals surface area contributed by atoms with E-state index in [0.29, 0.717) is 6.54 Å². The summed E-state index contributed by atoms with van der Waals surface area (Å²) in [7, 11) is 0. The Morgan fingerprint density at radius 2 is 2.60 bits per heavy atom. The van der Waals surface area contributed by atoms with Crippen molar-refractivity contribution >= 4 is 33.3 Å². The minimum absolute atomic E-state index is 0.565. The van der Waals surface area contributed by atoms with Crippen molar-refractivity contribution in [2.24, 2.45) is 5.73 Å². The van der Waals surface area contributed by atoms with E-state index >= 15 is 0 Å². The molecule has 0 aliphatic carbocycles. The van der Waals surface area contributed by atoms with Crippen LogP contribution in [0.3, 0.4) is 0 Å². The number of halogens is 1. The van der Waals surface area contributed by atoms with Gasteiger partial charge in [0.2, 0.25) is 0 Å². The second-order valence-corrected chi connectivity index (χ2v) is 3.80. The van der Waals surface area contributed by atoms with E-state index in [2.05, 4.69) is 20.9 Å². The highest BCUT2D eigenvalue weighted by Crippen LogP contribution is 2.16. The maximum Gasteiger partial charge on any atom is 0.159 e. The first kappa shape index (κ1) is 7.91. The summed E-state index contributed by atoms with van der Waals surface area (Å²) in [5, 5.41) is 1.97. The number of nitrogens with zero attached hydrogens (tertiary/aromatic N) is 1. The average Bonchev–Trinajstić information content (AvgIpc) is 2.31. The van der Waals surface area contributed by atoms with Crippen LogP contribution >= 0.6 is 27.3 Å². The summed E-state index contributed by atoms with van der Waals surface area (Å²) in [5.74, 6) is 0. The van der Waals surface area contributed by atoms with Crippen LogP contribution in [-0.4, -0.2) is 11.5 Å². The molecule has 0 saturated heterocycles. The van der Waals surface area contributed by atoms with Crippen molar-refractivity contribution in [3.05, 3.63) is 21.1 Å². The molecule has 0 saturated carbocycles. The van der Waals surface area contributed by atoms with Crippen LogP contribution in [0.5, 0.6) is 0 Å². The fourth-order valence-corrected chi connectivity index (χ4v) is 1.52. The lowest BCUT2D eigenvalue weighted by Crippen LogP contribution is -1.91. The minimum atomic E-state index is 0.565. The summed E-state index contributed by atoms with van der Waals surface area (Å²) in [6.07, 6.45) is 3.78. The van der Waals surface area contributed by atoms with E-state index < -0.39 is 0 Å². The van der Waals surface area contributed by atoms with Gasteiger partial charge < -0.3 is 5.73 Å². The molecule has 2 N–H and O–H groups in total. The number of nitrogens with two attached hydrogens (primary N) is 1. The second-order valence-electron chi connectivity index (χ2n) is 1.66. The van der Waals surface area contributed by atoms with Crippen molar-refractivity contribution in [3.8, 4) is 0 Å². The van der Waals surface area contributed by atoms with Gasteiger partial charge in [-0.25, -0.2) is 4.98 Å². The van der Waals surface area contributed by atoms with E-state index in [1.807, 2.05) is 17.5 Å². The van der Waals surface area contributed by atoms with E-state index in [1.54, 1.807) is 11.3 Å². The zero-order chi connectivity index (χ0) is 7.40. The molecule has 1 heterocycles. The number of aromatic nitrogens is 1. The molecule has 0 aliphatic heterocycles. The summed E-state index contributed by atoms with van der Waals surface area (Å²) in [5.41, 5.74) is 6.22. The van der Waals surface area contributed by atoms with E-state index in [0.717, 1.165) is 9.61 Å². The summed E-state index contributed by atoms with van der Waals surface area (Å²) in [6.45, 7) is 0.565. The number of hydrogen-bond acceptors (Lipinski definition) is 3. The molecule has 10 heavy (non-hydrogen) atoms. The van der Waals surface area contributed by atoms with Crippen molar-refractivity contribution < 1.29 is 0 Å². The standard InChI is InChI=1S/C6H7BrN2S/c7-6-9-5(4-10-6)2-1-3-8/h1-2,4H,3,8H2. The van der Waals surface area contributed by atoms with Crippen LogP contribution in [0.2, 0.25) is 0 Å². The summed E-state index contributed by atoms with van der Waals surface area (Å²) >= 11 is 4.83. The highest BCUT2D eigenvalue weighted by molar-refractivity contribution is 9.11. The first-order valence-corrected chi connectivity index (χ1v) is 4.48. The zero-order valence-corrected chi connectivity index (χ0v) is 7.65. The summed E-state index contributed by atoms with van der Waals surface area (Å²) < 4.78 is 0.907. The van der Waals surface area contributed by atoms with Gasteiger partial charge in [0.05, 0.1) is 5.69 Å². The Kier molecular flexibility index (Phi) is 3.05. The normalized spacial score (nSPS) is 11.0. The molecule has 0 spiro atoms. The Bertz CT molecular complexity index is 231. The zero-order valence-electron chi connectivity index (χ0n) is 5.25. The van der Waals surface area contributed by atoms with Gasteiger partial charge in [0.15, 0.2) is 3.92 Å². The van der Waals surface area contributed by atoms with Gasteiger partial charge in [-0.2, -0.15) is 0 Å². The van der Waals surface area contributed by atoms with E-state index in [4.69, 9.17) is 5.73 Å². The smallest absolute Gasteiger partial charge is 0.159 e. The Morgan fingerprint density at radius 3 is 3.10 bits per heavy atom. The fraction of sp³-hybridized carbons (Fsp3) is 0.167. The fourth-order valence-electron chi connectivity index (χ4n) is 0.529. The van der Waals surface area contributed by atoms with Crippen molar-refractivity contribution in [3.63, 3.8) is 0 Å². The molecule has 0 atom stereocenters. The molecule has 0 unspecified atom stereocenters. The van der Waals surface area contributed by atoms with Crippen LogP contribution in [0.1, 0.15) is 5.69 Å². The molecule has 0 aromatic carbocycles. The molecule has 0 amide bonds. The quantitative estimate of drug-likeness (QED) is 0.824. The third-order valence-corrected chi connectivity index (χ3v) is 2.30. The predicted octanol–water partition coefficient (Wildman–Crippen LogP) is 1.88. The van der Waals surface area contributed by atoms with Gasteiger partial charge in [0, 0.05) is 11.9 Å². The van der Waals surface area contributed by atoms with Crippen molar-refractivity contribution in [1.29, 1.82) is 0 Å². The Hall–Kier alpha value is -0.190. The molecule has 2 nitrogen and oxygen atoms in total. The second kappa shape index (κ2) is 3.85. The molecule has 0 bridgehead atoms. The molecule has 1 aromatic heterocycles. The van der Waals surface area contributed by atoms with Crippen LogP contribution in [-0.2, 0) is 0 Å². The highest BCUT2D eigenvalue weighted by atomic mass is 79.9. The molecule has 0 fully saturated rings. The van der Waals surface area contributed by atoms with E-state index in [1.165, 1.54) is 0 Å². The Balaban J connectivity index is 2.67. The molecule has 0 radical (unpaired) electrons. The van der Waals surface area contributed by atoms with Crippen molar-refractivity contribution in [1.82, 2.24) is 4.98 Å². The lowest BCUT2D eigenvalue weighted by atomic mass is 10.4. The lowest BCUT2D eigenvalue weighted by molar-refractivity contribution is 1.25. The van der Waals surface area contributed by atoms with Gasteiger partial charge in [-0.3, -0.25) is 0 Å². The Morgan fingerprint density at radius 1 is 1.80 bits per heavy atom. The number of thiazole rings is 1. The van der Waals surface area contributed by atoms with Crippen LogP contribution in [0.25, 0.3) is 6.08 Å². The maximum atomic E-state index is 5.26. The van der Waals surface area contributed by atoms with Gasteiger partial charge in [-0.1, -0.05) is 6.08 Å². The van der Waals surface area contributed by atoms with Crippen LogP contribution < -0.4 is 5.73 Å². The topological polar surface area (TPSA) is 38.9 Å². The highest BCUT2D eigenvalue weighted by Gasteiger charge is 1.91. The third-order valence-electron chi connectivity index (χ3n) is 0.919. The molecule has 54 valence electrons. The van der Waals surface area contributed by atoms with Crippen LogP contribution in [0, 0.1) is 0 Å². The van der Waals surface area contributed by atoms with Gasteiger partial charge in [-0.05, 0) is 22.0 Å². The van der Waals surface area contributed by atoms with Gasteiger partial charge in [0.1, 0.15) is 0 Å². The number of rotatable bonds is 2. The molecular weight excluding hydrogens is 212 g/mol. The van der Waals surface area contributed by atoms with Gasteiger partial charge in [-0.15, -0.1) is 11.3 Å². The largest absolute Gasteiger partial charge is 0.327 e. The Labute approximate surface area is 71.9 Å². The van der Waals surface area contributed by atoms with Crippen molar-refractivity contribution in [2.45, 2.75) is 0 Å². The van der Waals surface area contributed by atoms with Crippen LogP contribution in [0.4, 0.5) is 0 Å². The van der Waals surface area contributed by atoms with Crippen molar-refractivity contribution in [2.75, 3.05) is 6.54 Å². The van der Waals surface area contributed by atoms with Crippen LogP contribution in [0.15, 0.2) is 15.4 Å². The average molecular weight is 219 g/mol. The van der Waals surface area contributed by atoms with E-state index in [9.17, 15) is 0 Å². The molecule has 0 aliphatic rings.